The Kier molecular flexibility index (Phi) is 3.51. The fourth-order valence-corrected chi connectivity index (χ4v) is 1.46. The molecule has 3 N–H and O–H groups in total. The summed E-state index contributed by atoms with van der Waals surface area (Å²) in [4.78, 5) is 4.09. The van der Waals surface area contributed by atoms with Gasteiger partial charge in [0.05, 0.1) is 0 Å². The van der Waals surface area contributed by atoms with Crippen LogP contribution < -0.4 is 5.73 Å². The Balaban J connectivity index is 2.08. The van der Waals surface area contributed by atoms with Gasteiger partial charge in [-0.25, -0.2) is 0 Å². The fourth-order valence-electron chi connectivity index (χ4n) is 1.46. The second-order valence-electron chi connectivity index (χ2n) is 3.96. The summed E-state index contributed by atoms with van der Waals surface area (Å²) in [5.74, 6) is 0.728. The lowest BCUT2D eigenvalue weighted by molar-refractivity contribution is 0.141. The first kappa shape index (κ1) is 11.8. The van der Waals surface area contributed by atoms with Crippen LogP contribution >= 0.6 is 0 Å². The zero-order valence-corrected chi connectivity index (χ0v) is 9.63. The van der Waals surface area contributed by atoms with Crippen molar-refractivity contribution in [2.45, 2.75) is 19.4 Å². The van der Waals surface area contributed by atoms with E-state index in [0.29, 0.717) is 12.2 Å². The number of aliphatic hydroxyl groups is 1. The quantitative estimate of drug-likeness (QED) is 0.821. The maximum atomic E-state index is 9.42. The van der Waals surface area contributed by atoms with Crippen LogP contribution in [0.15, 0.2) is 28.8 Å². The lowest BCUT2D eigenvalue weighted by Gasteiger charge is -1.98. The maximum absolute atomic E-state index is 9.42. The van der Waals surface area contributed by atoms with Crippen molar-refractivity contribution in [3.8, 4) is 0 Å². The number of rotatable bonds is 4. The fraction of sp³-hybridized carbons (Fsp3) is 0.333. The number of nitrogens with two attached hydrogens (primary N) is 1. The van der Waals surface area contributed by atoms with E-state index in [1.165, 1.54) is 5.56 Å². The summed E-state index contributed by atoms with van der Waals surface area (Å²) in [5, 5.41) is 13.2. The molecule has 0 bridgehead atoms. The molecule has 1 aromatic heterocycles. The third-order valence-electron chi connectivity index (χ3n) is 2.47. The van der Waals surface area contributed by atoms with Gasteiger partial charge in [-0.1, -0.05) is 35.0 Å². The molecule has 1 heterocycles. The molecule has 0 saturated heterocycles. The topological polar surface area (TPSA) is 85.2 Å². The van der Waals surface area contributed by atoms with Gasteiger partial charge in [0.15, 0.2) is 5.82 Å². The van der Waals surface area contributed by atoms with Gasteiger partial charge in [0.25, 0.3) is 5.89 Å². The molecular weight excluding hydrogens is 218 g/mol. The monoisotopic (exact) mass is 233 g/mol. The first-order valence-electron chi connectivity index (χ1n) is 5.45. The van der Waals surface area contributed by atoms with E-state index in [2.05, 4.69) is 10.1 Å². The first-order chi connectivity index (χ1) is 8.19. The van der Waals surface area contributed by atoms with Crippen LogP contribution in [-0.4, -0.2) is 21.8 Å². The van der Waals surface area contributed by atoms with Crippen molar-refractivity contribution in [2.24, 2.45) is 5.73 Å². The predicted octanol–water partition coefficient (Wildman–Crippen LogP) is 0.961. The molecule has 1 aromatic carbocycles. The zero-order chi connectivity index (χ0) is 12.3. The van der Waals surface area contributed by atoms with E-state index in [1.807, 2.05) is 31.2 Å². The lowest BCUT2D eigenvalue weighted by Crippen LogP contribution is -2.11. The van der Waals surface area contributed by atoms with Crippen LogP contribution in [0.4, 0.5) is 0 Å². The molecule has 0 saturated carbocycles. The van der Waals surface area contributed by atoms with Crippen LogP contribution in [0.5, 0.6) is 0 Å². The minimum atomic E-state index is -0.880. The minimum Gasteiger partial charge on any atom is -0.382 e. The van der Waals surface area contributed by atoms with Crippen molar-refractivity contribution < 1.29 is 9.63 Å². The molecule has 90 valence electrons. The van der Waals surface area contributed by atoms with E-state index in [9.17, 15) is 5.11 Å². The molecule has 0 aliphatic heterocycles. The second-order valence-corrected chi connectivity index (χ2v) is 3.96. The molecule has 0 unspecified atom stereocenters. The highest BCUT2D eigenvalue weighted by Gasteiger charge is 2.14. The summed E-state index contributed by atoms with van der Waals surface area (Å²) in [6.07, 6.45) is -0.296. The van der Waals surface area contributed by atoms with Crippen LogP contribution in [0.1, 0.15) is 28.9 Å². The molecule has 0 amide bonds. The van der Waals surface area contributed by atoms with Gasteiger partial charge in [0.1, 0.15) is 6.10 Å². The van der Waals surface area contributed by atoms with Crippen LogP contribution in [-0.2, 0) is 6.42 Å². The van der Waals surface area contributed by atoms with Crippen molar-refractivity contribution in [3.05, 3.63) is 47.1 Å². The molecule has 1 atom stereocenters. The summed E-state index contributed by atoms with van der Waals surface area (Å²) in [6.45, 7) is 2.11. The number of aryl methyl sites for hydroxylation is 1. The van der Waals surface area contributed by atoms with Crippen molar-refractivity contribution in [2.75, 3.05) is 6.54 Å². The third kappa shape index (κ3) is 2.89. The lowest BCUT2D eigenvalue weighted by atomic mass is 10.1. The van der Waals surface area contributed by atoms with Gasteiger partial charge >= 0.3 is 0 Å². The Bertz CT molecular complexity index is 479. The number of benzene rings is 1. The second kappa shape index (κ2) is 5.07. The first-order valence-corrected chi connectivity index (χ1v) is 5.45. The highest BCUT2D eigenvalue weighted by molar-refractivity contribution is 5.23. The number of aromatic nitrogens is 2. The van der Waals surface area contributed by atoms with Crippen LogP contribution in [0.2, 0.25) is 0 Å². The Labute approximate surface area is 99.3 Å². The van der Waals surface area contributed by atoms with Crippen LogP contribution in [0, 0.1) is 6.92 Å². The summed E-state index contributed by atoms with van der Waals surface area (Å²) in [7, 11) is 0. The largest absolute Gasteiger partial charge is 0.382 e. The van der Waals surface area contributed by atoms with Crippen molar-refractivity contribution in [1.29, 1.82) is 0 Å². The van der Waals surface area contributed by atoms with E-state index in [0.717, 1.165) is 5.56 Å². The summed E-state index contributed by atoms with van der Waals surface area (Å²) >= 11 is 0. The van der Waals surface area contributed by atoms with Crippen LogP contribution in [0.3, 0.4) is 0 Å². The molecule has 0 spiro atoms. The molecule has 5 heteroatoms. The van der Waals surface area contributed by atoms with Gasteiger partial charge in [0, 0.05) is 13.0 Å². The predicted molar refractivity (Wildman–Crippen MR) is 62.3 cm³/mol. The van der Waals surface area contributed by atoms with Gasteiger partial charge in [-0.2, -0.15) is 4.98 Å². The summed E-state index contributed by atoms with van der Waals surface area (Å²) in [6, 6.07) is 8.10. The van der Waals surface area contributed by atoms with Gasteiger partial charge in [-0.3, -0.25) is 0 Å². The Morgan fingerprint density at radius 2 is 2.06 bits per heavy atom. The van der Waals surface area contributed by atoms with E-state index in [1.54, 1.807) is 0 Å². The van der Waals surface area contributed by atoms with E-state index < -0.39 is 6.10 Å². The molecule has 5 nitrogen and oxygen atoms in total. The molecule has 0 radical (unpaired) electrons. The molecule has 17 heavy (non-hydrogen) atoms. The van der Waals surface area contributed by atoms with Gasteiger partial charge < -0.3 is 15.4 Å². The van der Waals surface area contributed by atoms with Crippen LogP contribution in [0.25, 0.3) is 0 Å². The Morgan fingerprint density at radius 1 is 1.35 bits per heavy atom. The zero-order valence-electron chi connectivity index (χ0n) is 9.63. The summed E-state index contributed by atoms with van der Waals surface area (Å²) in [5.41, 5.74) is 7.62. The van der Waals surface area contributed by atoms with Crippen molar-refractivity contribution in [1.82, 2.24) is 10.1 Å². The highest BCUT2D eigenvalue weighted by Crippen LogP contribution is 2.12. The third-order valence-corrected chi connectivity index (χ3v) is 2.47. The molecule has 2 aromatic rings. The van der Waals surface area contributed by atoms with E-state index in [4.69, 9.17) is 10.3 Å². The number of hydrogen-bond donors (Lipinski definition) is 2. The average molecular weight is 233 g/mol. The van der Waals surface area contributed by atoms with Crippen molar-refractivity contribution in [3.63, 3.8) is 0 Å². The van der Waals surface area contributed by atoms with Gasteiger partial charge in [0.2, 0.25) is 0 Å². The van der Waals surface area contributed by atoms with Gasteiger partial charge in [-0.05, 0) is 12.5 Å². The SMILES string of the molecule is Cc1ccc(Cc2noc([C@@H](O)CN)n2)cc1. The molecule has 0 aliphatic carbocycles. The molecule has 2 rings (SSSR count). The molecule has 0 aliphatic rings. The van der Waals surface area contributed by atoms with Gasteiger partial charge in [-0.15, -0.1) is 0 Å². The smallest absolute Gasteiger partial charge is 0.256 e. The highest BCUT2D eigenvalue weighted by atomic mass is 16.5. The molecule has 0 fully saturated rings. The number of hydrogen-bond acceptors (Lipinski definition) is 5. The Hall–Kier alpha value is -1.72. The maximum Gasteiger partial charge on any atom is 0.256 e. The van der Waals surface area contributed by atoms with E-state index >= 15 is 0 Å². The van der Waals surface area contributed by atoms with Crippen molar-refractivity contribution >= 4 is 0 Å². The average Bonchev–Trinajstić information content (AvgIpc) is 2.80. The molecular formula is C12H15N3O2. The Morgan fingerprint density at radius 3 is 2.71 bits per heavy atom. The summed E-state index contributed by atoms with van der Waals surface area (Å²) < 4.78 is 4.92. The minimum absolute atomic E-state index is 0.0756. The standard InChI is InChI=1S/C12H15N3O2/c1-8-2-4-9(5-3-8)6-11-14-12(17-15-11)10(16)7-13/h2-5,10,16H,6-7,13H2,1H3/t10-/m0/s1. The normalized spacial score (nSPS) is 12.6. The number of aliphatic hydroxyl groups excluding tert-OH is 1. The van der Waals surface area contributed by atoms with E-state index in [-0.39, 0.29) is 12.4 Å². The number of nitrogens with zero attached hydrogens (tertiary/aromatic N) is 2.